The largest absolute Gasteiger partial charge is 0.573 e. The van der Waals surface area contributed by atoms with Crippen LogP contribution in [-0.4, -0.2) is 52.2 Å². The molecule has 0 aliphatic rings. The van der Waals surface area contributed by atoms with Crippen molar-refractivity contribution >= 4 is 38.4 Å². The fourth-order valence-electron chi connectivity index (χ4n) is 3.18. The molecule has 0 saturated heterocycles. The summed E-state index contributed by atoms with van der Waals surface area (Å²) < 4.78 is 64.5. The van der Waals surface area contributed by atoms with Gasteiger partial charge < -0.3 is 10.1 Å². The first-order chi connectivity index (χ1) is 16.1. The number of amides is 1. The Hall–Kier alpha value is -3.37. The van der Waals surface area contributed by atoms with Crippen LogP contribution in [0.5, 0.6) is 5.75 Å². The van der Waals surface area contributed by atoms with Gasteiger partial charge in [-0.1, -0.05) is 11.6 Å². The molecule has 2 aromatic carbocycles. The maximum Gasteiger partial charge on any atom is 0.573 e. The minimum atomic E-state index is -4.91. The highest BCUT2D eigenvalue weighted by atomic mass is 35.5. The summed E-state index contributed by atoms with van der Waals surface area (Å²) in [4.78, 5) is 14.1. The molecule has 0 radical (unpaired) electrons. The van der Waals surface area contributed by atoms with Crippen LogP contribution in [0.1, 0.15) is 24.2 Å². The van der Waals surface area contributed by atoms with E-state index in [2.05, 4.69) is 20.3 Å². The summed E-state index contributed by atoms with van der Waals surface area (Å²) in [6, 6.07) is 10.5. The number of nitriles is 1. The lowest BCUT2D eigenvalue weighted by Gasteiger charge is -2.40. The highest BCUT2D eigenvalue weighted by Crippen LogP contribution is 2.32. The van der Waals surface area contributed by atoms with Gasteiger partial charge in [-0.25, -0.2) is 8.42 Å². The Kier molecular flexibility index (Phi) is 6.75. The molecule has 1 heterocycles. The van der Waals surface area contributed by atoms with Crippen molar-refractivity contribution in [2.24, 2.45) is 0 Å². The lowest BCUT2D eigenvalue weighted by atomic mass is 9.86. The van der Waals surface area contributed by atoms with Gasteiger partial charge in [0.15, 0.2) is 15.4 Å². The predicted molar refractivity (Wildman–Crippen MR) is 120 cm³/mol. The van der Waals surface area contributed by atoms with Gasteiger partial charge in [0.1, 0.15) is 21.5 Å². The molecule has 186 valence electrons. The molecule has 1 N–H and O–H groups in total. The molecule has 1 unspecified atom stereocenters. The Morgan fingerprint density at radius 3 is 2.29 bits per heavy atom. The molecule has 3 rings (SSSR count). The van der Waals surface area contributed by atoms with Crippen LogP contribution in [0.2, 0.25) is 5.02 Å². The van der Waals surface area contributed by atoms with E-state index in [1.807, 2.05) is 6.07 Å². The molecule has 0 saturated carbocycles. The Labute approximate surface area is 203 Å². The molecule has 0 aliphatic carbocycles. The van der Waals surface area contributed by atoms with E-state index in [1.54, 1.807) is 12.1 Å². The number of hydrogen-bond donors (Lipinski definition) is 1. The molecular weight excluding hydrogens is 511 g/mol. The molecule has 1 atom stereocenters. The van der Waals surface area contributed by atoms with Crippen LogP contribution in [0.15, 0.2) is 42.5 Å². The van der Waals surface area contributed by atoms with Crippen LogP contribution in [-0.2, 0) is 16.4 Å². The summed E-state index contributed by atoms with van der Waals surface area (Å²) in [6.07, 6.45) is -3.99. The summed E-state index contributed by atoms with van der Waals surface area (Å²) in [5.74, 6) is -1.45. The molecule has 0 bridgehead atoms. The number of benzene rings is 2. The van der Waals surface area contributed by atoms with Crippen LogP contribution in [0, 0.1) is 11.3 Å². The molecule has 0 aliphatic heterocycles. The van der Waals surface area contributed by atoms with Crippen LogP contribution >= 0.6 is 11.6 Å². The number of alkyl halides is 3. The Balaban J connectivity index is 2.01. The zero-order chi connectivity index (χ0) is 26.2. The first-order valence-electron chi connectivity index (χ1n) is 9.86. The monoisotopic (exact) mass is 529 g/mol. The Morgan fingerprint density at radius 2 is 1.74 bits per heavy atom. The standard InChI is InChI=1S/C21H19ClF3N5O4S/c1-19(2,35(3,32)33)20(11-26,12-30-28-16-9-6-14(22)10-17(16)29-30)27-18(31)13-4-7-15(8-5-13)34-21(23,24)25/h4-10H,12H2,1-3H3,(H,27,31). The van der Waals surface area contributed by atoms with Gasteiger partial charge in [0.25, 0.3) is 5.91 Å². The van der Waals surface area contributed by atoms with Crippen molar-refractivity contribution in [2.45, 2.75) is 37.0 Å². The van der Waals surface area contributed by atoms with Crippen molar-refractivity contribution in [2.75, 3.05) is 6.26 Å². The van der Waals surface area contributed by atoms with E-state index in [0.29, 0.717) is 16.1 Å². The van der Waals surface area contributed by atoms with E-state index >= 15 is 0 Å². The van der Waals surface area contributed by atoms with Crippen LogP contribution in [0.4, 0.5) is 13.2 Å². The number of nitrogens with one attached hydrogen (secondary N) is 1. The Bertz CT molecular complexity index is 1420. The zero-order valence-electron chi connectivity index (χ0n) is 18.6. The Morgan fingerprint density at radius 1 is 1.14 bits per heavy atom. The van der Waals surface area contributed by atoms with E-state index in [-0.39, 0.29) is 5.56 Å². The minimum Gasteiger partial charge on any atom is -0.406 e. The molecule has 1 aromatic heterocycles. The summed E-state index contributed by atoms with van der Waals surface area (Å²) in [5, 5.41) is 21.5. The van der Waals surface area contributed by atoms with Crippen molar-refractivity contribution in [3.63, 3.8) is 0 Å². The van der Waals surface area contributed by atoms with E-state index in [4.69, 9.17) is 11.6 Å². The number of aromatic nitrogens is 3. The van der Waals surface area contributed by atoms with Gasteiger partial charge in [-0.15, -0.1) is 13.2 Å². The molecule has 0 spiro atoms. The van der Waals surface area contributed by atoms with Crippen molar-refractivity contribution in [3.05, 3.63) is 53.1 Å². The smallest absolute Gasteiger partial charge is 0.406 e. The number of ether oxygens (including phenoxy) is 1. The lowest BCUT2D eigenvalue weighted by Crippen LogP contribution is -2.66. The SMILES string of the molecule is CC(C)(C(C#N)(Cn1nc2ccc(Cl)cc2n1)NC(=O)c1ccc(OC(F)(F)F)cc1)S(C)(=O)=O. The molecule has 1 amide bonds. The highest BCUT2D eigenvalue weighted by molar-refractivity contribution is 7.92. The van der Waals surface area contributed by atoms with Gasteiger partial charge in [0.05, 0.1) is 12.6 Å². The summed E-state index contributed by atoms with van der Waals surface area (Å²) >= 11 is 5.97. The average Bonchev–Trinajstić information content (AvgIpc) is 3.12. The van der Waals surface area contributed by atoms with Gasteiger partial charge in [0.2, 0.25) is 0 Å². The number of carbonyl (C=O) groups excluding carboxylic acids is 1. The van der Waals surface area contributed by atoms with Crippen molar-refractivity contribution < 1.29 is 31.1 Å². The second-order valence-corrected chi connectivity index (χ2v) is 11.2. The van der Waals surface area contributed by atoms with E-state index in [0.717, 1.165) is 35.3 Å². The highest BCUT2D eigenvalue weighted by Gasteiger charge is 2.54. The van der Waals surface area contributed by atoms with Crippen LogP contribution in [0.3, 0.4) is 0 Å². The number of fused-ring (bicyclic) bond motifs is 1. The minimum absolute atomic E-state index is 0.131. The quantitative estimate of drug-likeness (QED) is 0.496. The number of sulfone groups is 1. The van der Waals surface area contributed by atoms with E-state index in [9.17, 15) is 31.6 Å². The van der Waals surface area contributed by atoms with Gasteiger partial charge >= 0.3 is 6.36 Å². The molecule has 0 fully saturated rings. The fourth-order valence-corrected chi connectivity index (χ4v) is 4.14. The number of rotatable bonds is 7. The normalized spacial score (nSPS) is 14.2. The van der Waals surface area contributed by atoms with Gasteiger partial charge in [-0.2, -0.15) is 20.3 Å². The predicted octanol–water partition coefficient (Wildman–Crippen LogP) is 3.50. The topological polar surface area (TPSA) is 127 Å². The summed E-state index contributed by atoms with van der Waals surface area (Å²) in [6.45, 7) is 2.08. The first kappa shape index (κ1) is 26.2. The van der Waals surface area contributed by atoms with Crippen molar-refractivity contribution in [1.82, 2.24) is 20.3 Å². The molecule has 9 nitrogen and oxygen atoms in total. The average molecular weight is 530 g/mol. The van der Waals surface area contributed by atoms with E-state index in [1.165, 1.54) is 19.9 Å². The third kappa shape index (κ3) is 5.49. The lowest BCUT2D eigenvalue weighted by molar-refractivity contribution is -0.274. The number of nitrogens with zero attached hydrogens (tertiary/aromatic N) is 4. The molecule has 14 heteroatoms. The number of halogens is 4. The van der Waals surface area contributed by atoms with Gasteiger partial charge in [-0.05, 0) is 56.3 Å². The maximum absolute atomic E-state index is 13.0. The second kappa shape index (κ2) is 9.01. The molecule has 3 aromatic rings. The second-order valence-electron chi connectivity index (χ2n) is 8.19. The van der Waals surface area contributed by atoms with Gasteiger partial charge in [-0.3, -0.25) is 4.79 Å². The van der Waals surface area contributed by atoms with Crippen LogP contribution in [0.25, 0.3) is 11.0 Å². The maximum atomic E-state index is 13.0. The molecular formula is C21H19ClF3N5O4S. The van der Waals surface area contributed by atoms with Gasteiger partial charge in [0, 0.05) is 16.8 Å². The third-order valence-corrected chi connectivity index (χ3v) is 8.02. The summed E-state index contributed by atoms with van der Waals surface area (Å²) in [7, 11) is -3.96. The third-order valence-electron chi connectivity index (χ3n) is 5.59. The van der Waals surface area contributed by atoms with Crippen molar-refractivity contribution in [1.29, 1.82) is 5.26 Å². The van der Waals surface area contributed by atoms with Crippen LogP contribution < -0.4 is 10.1 Å². The number of hydrogen-bond acceptors (Lipinski definition) is 7. The van der Waals surface area contributed by atoms with E-state index < -0.39 is 44.7 Å². The molecule has 35 heavy (non-hydrogen) atoms. The zero-order valence-corrected chi connectivity index (χ0v) is 20.2. The fraction of sp³-hybridized carbons (Fsp3) is 0.333. The summed E-state index contributed by atoms with van der Waals surface area (Å²) in [5.41, 5.74) is -1.41. The number of carbonyl (C=O) groups is 1. The first-order valence-corrected chi connectivity index (χ1v) is 12.1. The van der Waals surface area contributed by atoms with Crippen molar-refractivity contribution in [3.8, 4) is 11.8 Å².